The number of ether oxygens (including phenoxy) is 1. The van der Waals surface area contributed by atoms with Crippen LogP contribution < -0.4 is 10.1 Å². The molecule has 1 amide bonds. The Balaban J connectivity index is 2.06. The minimum atomic E-state index is -0.575. The number of para-hydroxylation sites is 1. The van der Waals surface area contributed by atoms with E-state index in [2.05, 4.69) is 35.1 Å². The highest BCUT2D eigenvalue weighted by molar-refractivity contribution is 9.10. The second-order valence-electron chi connectivity index (χ2n) is 5.45. The molecule has 4 heteroatoms. The molecule has 3 nitrogen and oxygen atoms in total. The van der Waals surface area contributed by atoms with Gasteiger partial charge in [-0.3, -0.25) is 4.79 Å². The van der Waals surface area contributed by atoms with Gasteiger partial charge in [-0.1, -0.05) is 54.0 Å². The van der Waals surface area contributed by atoms with Crippen LogP contribution in [0.25, 0.3) is 0 Å². The summed E-state index contributed by atoms with van der Waals surface area (Å²) in [5.41, 5.74) is 1.96. The molecule has 0 aliphatic heterocycles. The number of carbonyl (C=O) groups is 1. The molecule has 2 rings (SSSR count). The molecule has 0 bridgehead atoms. The van der Waals surface area contributed by atoms with Crippen LogP contribution in [0.4, 0.5) is 5.69 Å². The zero-order chi connectivity index (χ0) is 16.1. The summed E-state index contributed by atoms with van der Waals surface area (Å²) in [6.07, 6.45) is -0.575. The molecular formula is C18H20BrNO2. The molecule has 0 spiro atoms. The number of rotatable bonds is 5. The summed E-state index contributed by atoms with van der Waals surface area (Å²) < 4.78 is 6.61. The summed E-state index contributed by atoms with van der Waals surface area (Å²) in [4.78, 5) is 12.3. The van der Waals surface area contributed by atoms with Crippen molar-refractivity contribution in [2.75, 3.05) is 5.32 Å². The van der Waals surface area contributed by atoms with E-state index < -0.39 is 6.10 Å². The number of hydrogen-bond acceptors (Lipinski definition) is 2. The van der Waals surface area contributed by atoms with Crippen molar-refractivity contribution in [1.82, 2.24) is 0 Å². The molecule has 0 fully saturated rings. The van der Waals surface area contributed by atoms with Crippen LogP contribution in [-0.2, 0) is 4.79 Å². The van der Waals surface area contributed by atoms with Crippen LogP contribution >= 0.6 is 15.9 Å². The third-order valence-corrected chi connectivity index (χ3v) is 3.81. The molecule has 2 aromatic rings. The van der Waals surface area contributed by atoms with Crippen molar-refractivity contribution in [2.24, 2.45) is 0 Å². The van der Waals surface area contributed by atoms with Crippen LogP contribution in [-0.4, -0.2) is 12.0 Å². The molecule has 0 aliphatic carbocycles. The third-order valence-electron chi connectivity index (χ3n) is 3.32. The lowest BCUT2D eigenvalue weighted by atomic mass is 10.0. The van der Waals surface area contributed by atoms with Crippen molar-refractivity contribution in [3.05, 3.63) is 58.6 Å². The van der Waals surface area contributed by atoms with E-state index in [1.165, 1.54) is 0 Å². The fourth-order valence-electron chi connectivity index (χ4n) is 2.15. The summed E-state index contributed by atoms with van der Waals surface area (Å²) in [5.74, 6) is 0.847. The lowest BCUT2D eigenvalue weighted by Crippen LogP contribution is -2.30. The Kier molecular flexibility index (Phi) is 5.61. The predicted molar refractivity (Wildman–Crippen MR) is 93.4 cm³/mol. The SMILES string of the molecule is CC(C)c1ccccc1NC(=O)[C@H](C)Oc1cccc(Br)c1. The Bertz CT molecular complexity index is 655. The van der Waals surface area contributed by atoms with E-state index in [0.29, 0.717) is 11.7 Å². The van der Waals surface area contributed by atoms with Crippen molar-refractivity contribution in [3.63, 3.8) is 0 Å². The Hall–Kier alpha value is -1.81. The van der Waals surface area contributed by atoms with Crippen LogP contribution in [0.5, 0.6) is 5.75 Å². The molecule has 1 atom stereocenters. The highest BCUT2D eigenvalue weighted by atomic mass is 79.9. The fraction of sp³-hybridized carbons (Fsp3) is 0.278. The number of carbonyl (C=O) groups excluding carboxylic acids is 1. The van der Waals surface area contributed by atoms with E-state index in [1.54, 1.807) is 6.92 Å². The maximum Gasteiger partial charge on any atom is 0.265 e. The maximum atomic E-state index is 12.3. The van der Waals surface area contributed by atoms with E-state index in [0.717, 1.165) is 15.7 Å². The van der Waals surface area contributed by atoms with Gasteiger partial charge in [-0.2, -0.15) is 0 Å². The van der Waals surface area contributed by atoms with Gasteiger partial charge >= 0.3 is 0 Å². The van der Waals surface area contributed by atoms with Crippen molar-refractivity contribution in [3.8, 4) is 5.75 Å². The topological polar surface area (TPSA) is 38.3 Å². The van der Waals surface area contributed by atoms with Gasteiger partial charge in [-0.15, -0.1) is 0 Å². The van der Waals surface area contributed by atoms with E-state index in [-0.39, 0.29) is 5.91 Å². The van der Waals surface area contributed by atoms with Gasteiger partial charge in [0.15, 0.2) is 6.10 Å². The Labute approximate surface area is 139 Å². The minimum absolute atomic E-state index is 0.159. The molecule has 0 aromatic heterocycles. The first-order chi connectivity index (χ1) is 10.5. The first-order valence-corrected chi connectivity index (χ1v) is 8.08. The molecule has 1 N–H and O–H groups in total. The van der Waals surface area contributed by atoms with Gasteiger partial charge in [0.2, 0.25) is 0 Å². The standard InChI is InChI=1S/C18H20BrNO2/c1-12(2)16-9-4-5-10-17(16)20-18(21)13(3)22-15-8-6-7-14(19)11-15/h4-13H,1-3H3,(H,20,21)/t13-/m0/s1. The number of amides is 1. The third kappa shape index (κ3) is 4.34. The van der Waals surface area contributed by atoms with Crippen molar-refractivity contribution in [1.29, 1.82) is 0 Å². The van der Waals surface area contributed by atoms with Crippen LogP contribution in [0, 0.1) is 0 Å². The molecular weight excluding hydrogens is 342 g/mol. The second kappa shape index (κ2) is 7.45. The molecule has 0 heterocycles. The number of anilines is 1. The Morgan fingerprint density at radius 3 is 2.50 bits per heavy atom. The lowest BCUT2D eigenvalue weighted by Gasteiger charge is -2.17. The summed E-state index contributed by atoms with van der Waals surface area (Å²) >= 11 is 3.39. The number of hydrogen-bond donors (Lipinski definition) is 1. The van der Waals surface area contributed by atoms with Gasteiger partial charge in [0.25, 0.3) is 5.91 Å². The number of nitrogens with one attached hydrogen (secondary N) is 1. The minimum Gasteiger partial charge on any atom is -0.481 e. The first kappa shape index (κ1) is 16.6. The molecule has 0 radical (unpaired) electrons. The first-order valence-electron chi connectivity index (χ1n) is 7.29. The monoisotopic (exact) mass is 361 g/mol. The van der Waals surface area contributed by atoms with Crippen molar-refractivity contribution >= 4 is 27.5 Å². The van der Waals surface area contributed by atoms with Crippen LogP contribution in [0.15, 0.2) is 53.0 Å². The highest BCUT2D eigenvalue weighted by Gasteiger charge is 2.17. The summed E-state index contributed by atoms with van der Waals surface area (Å²) in [6, 6.07) is 15.3. The zero-order valence-electron chi connectivity index (χ0n) is 13.0. The molecule has 2 aromatic carbocycles. The smallest absolute Gasteiger partial charge is 0.265 e. The van der Waals surface area contributed by atoms with Gasteiger partial charge in [0.1, 0.15) is 5.75 Å². The van der Waals surface area contributed by atoms with Gasteiger partial charge in [0, 0.05) is 10.2 Å². The predicted octanol–water partition coefficient (Wildman–Crippen LogP) is 4.98. The largest absolute Gasteiger partial charge is 0.481 e. The van der Waals surface area contributed by atoms with E-state index >= 15 is 0 Å². The van der Waals surface area contributed by atoms with Crippen LogP contribution in [0.2, 0.25) is 0 Å². The molecule has 22 heavy (non-hydrogen) atoms. The van der Waals surface area contributed by atoms with Crippen LogP contribution in [0.1, 0.15) is 32.3 Å². The average molecular weight is 362 g/mol. The van der Waals surface area contributed by atoms with E-state index in [9.17, 15) is 4.79 Å². The Morgan fingerprint density at radius 2 is 1.82 bits per heavy atom. The summed E-state index contributed by atoms with van der Waals surface area (Å²) in [6.45, 7) is 5.95. The quantitative estimate of drug-likeness (QED) is 0.815. The van der Waals surface area contributed by atoms with E-state index in [4.69, 9.17) is 4.74 Å². The highest BCUT2D eigenvalue weighted by Crippen LogP contribution is 2.24. The average Bonchev–Trinajstić information content (AvgIpc) is 2.47. The molecule has 116 valence electrons. The molecule has 0 saturated heterocycles. The molecule has 0 aliphatic rings. The Morgan fingerprint density at radius 1 is 1.09 bits per heavy atom. The maximum absolute atomic E-state index is 12.3. The van der Waals surface area contributed by atoms with Crippen LogP contribution in [0.3, 0.4) is 0 Å². The van der Waals surface area contributed by atoms with Gasteiger partial charge in [-0.05, 0) is 42.7 Å². The van der Waals surface area contributed by atoms with Gasteiger partial charge in [-0.25, -0.2) is 0 Å². The molecule has 0 saturated carbocycles. The second-order valence-corrected chi connectivity index (χ2v) is 6.36. The number of halogens is 1. The van der Waals surface area contributed by atoms with Crippen molar-refractivity contribution < 1.29 is 9.53 Å². The van der Waals surface area contributed by atoms with E-state index in [1.807, 2.05) is 48.5 Å². The lowest BCUT2D eigenvalue weighted by molar-refractivity contribution is -0.122. The summed E-state index contributed by atoms with van der Waals surface area (Å²) in [7, 11) is 0. The normalized spacial score (nSPS) is 12.0. The fourth-order valence-corrected chi connectivity index (χ4v) is 2.52. The van der Waals surface area contributed by atoms with Crippen molar-refractivity contribution in [2.45, 2.75) is 32.8 Å². The van der Waals surface area contributed by atoms with Gasteiger partial charge in [0.05, 0.1) is 0 Å². The summed E-state index contributed by atoms with van der Waals surface area (Å²) in [5, 5.41) is 2.95. The zero-order valence-corrected chi connectivity index (χ0v) is 14.6. The molecule has 0 unspecified atom stereocenters. The number of benzene rings is 2. The van der Waals surface area contributed by atoms with Gasteiger partial charge < -0.3 is 10.1 Å².